The summed E-state index contributed by atoms with van der Waals surface area (Å²) in [5.74, 6) is 0.181. The Hall–Kier alpha value is -2.24. The highest BCUT2D eigenvalue weighted by molar-refractivity contribution is 6.01. The number of hydrogen-bond acceptors (Lipinski definition) is 6. The minimum Gasteiger partial charge on any atom is -0.497 e. The van der Waals surface area contributed by atoms with Gasteiger partial charge in [-0.2, -0.15) is 0 Å². The molecule has 122 valence electrons. The second-order valence-electron chi connectivity index (χ2n) is 5.21. The third kappa shape index (κ3) is 4.65. The van der Waals surface area contributed by atoms with Gasteiger partial charge in [0.05, 0.1) is 19.4 Å². The van der Waals surface area contributed by atoms with Crippen molar-refractivity contribution in [1.29, 1.82) is 0 Å². The number of benzene rings is 1. The SMILES string of the molecule is CCOC(=O)C(C)(C)O/N=C(\CC)c1cc(N)cc(OC)c1. The predicted molar refractivity (Wildman–Crippen MR) is 86.0 cm³/mol. The number of nitrogen functional groups attached to an aromatic ring is 1. The van der Waals surface area contributed by atoms with Crippen LogP contribution in [0, 0.1) is 0 Å². The van der Waals surface area contributed by atoms with E-state index in [0.717, 1.165) is 5.56 Å². The van der Waals surface area contributed by atoms with Crippen molar-refractivity contribution in [1.82, 2.24) is 0 Å². The maximum atomic E-state index is 11.8. The third-order valence-electron chi connectivity index (χ3n) is 2.98. The molecule has 0 radical (unpaired) electrons. The fourth-order valence-electron chi connectivity index (χ4n) is 1.74. The fourth-order valence-corrected chi connectivity index (χ4v) is 1.74. The van der Waals surface area contributed by atoms with Gasteiger partial charge in [0, 0.05) is 17.3 Å². The Morgan fingerprint density at radius 2 is 1.95 bits per heavy atom. The van der Waals surface area contributed by atoms with Crippen LogP contribution in [-0.4, -0.2) is 31.0 Å². The number of esters is 1. The van der Waals surface area contributed by atoms with Crippen molar-refractivity contribution >= 4 is 17.4 Å². The molecule has 0 spiro atoms. The smallest absolute Gasteiger partial charge is 0.352 e. The lowest BCUT2D eigenvalue weighted by molar-refractivity contribution is -0.167. The summed E-state index contributed by atoms with van der Waals surface area (Å²) in [6.07, 6.45) is 0.617. The molecule has 0 saturated carbocycles. The zero-order valence-electron chi connectivity index (χ0n) is 13.8. The summed E-state index contributed by atoms with van der Waals surface area (Å²) in [5, 5.41) is 4.11. The number of carbonyl (C=O) groups is 1. The lowest BCUT2D eigenvalue weighted by Crippen LogP contribution is -2.35. The van der Waals surface area contributed by atoms with E-state index in [9.17, 15) is 4.79 Å². The molecule has 0 aliphatic carbocycles. The molecule has 0 heterocycles. The van der Waals surface area contributed by atoms with Gasteiger partial charge in [-0.15, -0.1) is 0 Å². The molecule has 6 heteroatoms. The molecule has 0 atom stereocenters. The van der Waals surface area contributed by atoms with Gasteiger partial charge in [0.1, 0.15) is 5.75 Å². The van der Waals surface area contributed by atoms with Crippen molar-refractivity contribution in [3.8, 4) is 5.75 Å². The Morgan fingerprint density at radius 3 is 2.50 bits per heavy atom. The van der Waals surface area contributed by atoms with E-state index in [1.165, 1.54) is 0 Å². The van der Waals surface area contributed by atoms with Gasteiger partial charge < -0.3 is 20.0 Å². The van der Waals surface area contributed by atoms with E-state index in [-0.39, 0.29) is 0 Å². The zero-order chi connectivity index (χ0) is 16.8. The number of rotatable bonds is 7. The second kappa shape index (κ2) is 7.68. The standard InChI is InChI=1S/C16H24N2O4/c1-6-14(11-8-12(17)10-13(9-11)20-5)18-22-16(3,4)15(19)21-7-2/h8-10H,6-7,17H2,1-5H3/b18-14+. The molecule has 1 aromatic rings. The molecule has 0 aliphatic heterocycles. The molecule has 6 nitrogen and oxygen atoms in total. The van der Waals surface area contributed by atoms with Crippen molar-refractivity contribution in [2.75, 3.05) is 19.5 Å². The molecule has 22 heavy (non-hydrogen) atoms. The highest BCUT2D eigenvalue weighted by Crippen LogP contribution is 2.21. The van der Waals surface area contributed by atoms with Crippen molar-refractivity contribution < 1.29 is 19.1 Å². The number of hydrogen-bond donors (Lipinski definition) is 1. The van der Waals surface area contributed by atoms with Crippen LogP contribution in [-0.2, 0) is 14.4 Å². The molecule has 1 rings (SSSR count). The van der Waals surface area contributed by atoms with Crippen LogP contribution in [0.15, 0.2) is 23.4 Å². The summed E-state index contributed by atoms with van der Waals surface area (Å²) >= 11 is 0. The number of ether oxygens (including phenoxy) is 2. The molecule has 0 fully saturated rings. The van der Waals surface area contributed by atoms with Crippen molar-refractivity contribution in [2.45, 2.75) is 39.7 Å². The molecule has 0 unspecified atom stereocenters. The molecule has 0 saturated heterocycles. The average Bonchev–Trinajstić information content (AvgIpc) is 2.47. The lowest BCUT2D eigenvalue weighted by Gasteiger charge is -2.20. The van der Waals surface area contributed by atoms with E-state index in [1.54, 1.807) is 40.0 Å². The monoisotopic (exact) mass is 308 g/mol. The first kappa shape index (κ1) is 17.8. The highest BCUT2D eigenvalue weighted by Gasteiger charge is 2.32. The summed E-state index contributed by atoms with van der Waals surface area (Å²) < 4.78 is 10.2. The summed E-state index contributed by atoms with van der Waals surface area (Å²) in [6.45, 7) is 7.20. The van der Waals surface area contributed by atoms with Gasteiger partial charge in [-0.3, -0.25) is 0 Å². The fraction of sp³-hybridized carbons (Fsp3) is 0.500. The maximum Gasteiger partial charge on any atom is 0.352 e. The van der Waals surface area contributed by atoms with E-state index in [2.05, 4.69) is 5.16 Å². The number of oxime groups is 1. The number of methoxy groups -OCH3 is 1. The zero-order valence-corrected chi connectivity index (χ0v) is 13.8. The summed E-state index contributed by atoms with van der Waals surface area (Å²) in [5.41, 5.74) is 6.73. The maximum absolute atomic E-state index is 11.8. The number of nitrogens with zero attached hydrogens (tertiary/aromatic N) is 1. The van der Waals surface area contributed by atoms with Crippen LogP contribution in [0.5, 0.6) is 5.75 Å². The van der Waals surface area contributed by atoms with Crippen LogP contribution < -0.4 is 10.5 Å². The summed E-state index contributed by atoms with van der Waals surface area (Å²) in [4.78, 5) is 17.2. The number of nitrogens with two attached hydrogens (primary N) is 1. The van der Waals surface area contributed by atoms with Gasteiger partial charge >= 0.3 is 5.97 Å². The van der Waals surface area contributed by atoms with Crippen LogP contribution in [0.2, 0.25) is 0 Å². The Morgan fingerprint density at radius 1 is 1.27 bits per heavy atom. The van der Waals surface area contributed by atoms with Gasteiger partial charge in [-0.05, 0) is 39.3 Å². The molecular weight excluding hydrogens is 284 g/mol. The van der Waals surface area contributed by atoms with E-state index >= 15 is 0 Å². The van der Waals surface area contributed by atoms with Crippen molar-refractivity contribution in [3.05, 3.63) is 23.8 Å². The van der Waals surface area contributed by atoms with Crippen molar-refractivity contribution in [2.24, 2.45) is 5.16 Å². The first-order chi connectivity index (χ1) is 10.3. The van der Waals surface area contributed by atoms with E-state index in [1.807, 2.05) is 13.0 Å². The normalized spacial score (nSPS) is 12.0. The molecule has 0 amide bonds. The quantitative estimate of drug-likeness (QED) is 0.362. The van der Waals surface area contributed by atoms with E-state index in [0.29, 0.717) is 30.2 Å². The second-order valence-corrected chi connectivity index (χ2v) is 5.21. The first-order valence-corrected chi connectivity index (χ1v) is 7.21. The minimum absolute atomic E-state index is 0.294. The van der Waals surface area contributed by atoms with Gasteiger partial charge in [-0.1, -0.05) is 12.1 Å². The number of anilines is 1. The van der Waals surface area contributed by atoms with E-state index < -0.39 is 11.6 Å². The highest BCUT2D eigenvalue weighted by atomic mass is 16.7. The predicted octanol–water partition coefficient (Wildman–Crippen LogP) is 2.75. The van der Waals surface area contributed by atoms with Gasteiger partial charge in [0.25, 0.3) is 0 Å². The summed E-state index contributed by atoms with van der Waals surface area (Å²) in [7, 11) is 1.57. The average molecular weight is 308 g/mol. The van der Waals surface area contributed by atoms with Crippen LogP contribution in [0.3, 0.4) is 0 Å². The van der Waals surface area contributed by atoms with Gasteiger partial charge in [-0.25, -0.2) is 4.79 Å². The lowest BCUT2D eigenvalue weighted by atomic mass is 10.1. The first-order valence-electron chi connectivity index (χ1n) is 7.21. The third-order valence-corrected chi connectivity index (χ3v) is 2.98. The topological polar surface area (TPSA) is 83.1 Å². The van der Waals surface area contributed by atoms with Crippen LogP contribution in [0.4, 0.5) is 5.69 Å². The molecular formula is C16H24N2O4. The van der Waals surface area contributed by atoms with Crippen LogP contribution >= 0.6 is 0 Å². The Bertz CT molecular complexity index is 553. The van der Waals surface area contributed by atoms with Crippen molar-refractivity contribution in [3.63, 3.8) is 0 Å². The number of carbonyl (C=O) groups excluding carboxylic acids is 1. The molecule has 0 aliphatic rings. The molecule has 1 aromatic carbocycles. The molecule has 0 aromatic heterocycles. The largest absolute Gasteiger partial charge is 0.497 e. The van der Waals surface area contributed by atoms with Gasteiger partial charge in [0.15, 0.2) is 0 Å². The van der Waals surface area contributed by atoms with Crippen LogP contribution in [0.25, 0.3) is 0 Å². The van der Waals surface area contributed by atoms with Gasteiger partial charge in [0.2, 0.25) is 5.60 Å². The Kier molecular flexibility index (Phi) is 6.22. The molecule has 0 bridgehead atoms. The summed E-state index contributed by atoms with van der Waals surface area (Å²) in [6, 6.07) is 5.32. The van der Waals surface area contributed by atoms with Crippen LogP contribution in [0.1, 0.15) is 39.7 Å². The Balaban J connectivity index is 3.00. The Labute approximate surface area is 131 Å². The molecule has 2 N–H and O–H groups in total. The van der Waals surface area contributed by atoms with E-state index in [4.69, 9.17) is 20.0 Å². The minimum atomic E-state index is -1.15.